The third-order valence-corrected chi connectivity index (χ3v) is 2.42. The lowest BCUT2D eigenvalue weighted by Crippen LogP contribution is -2.24. The monoisotopic (exact) mass is 240 g/mol. The topological polar surface area (TPSA) is 45.0 Å². The van der Waals surface area contributed by atoms with Crippen LogP contribution < -0.4 is 5.32 Å². The molecule has 0 aliphatic heterocycles. The van der Waals surface area contributed by atoms with Crippen LogP contribution in [0.4, 0.5) is 14.5 Å². The van der Waals surface area contributed by atoms with E-state index in [9.17, 15) is 8.78 Å². The molecule has 0 heterocycles. The van der Waals surface area contributed by atoms with Crippen LogP contribution in [-0.4, -0.2) is 19.8 Å². The van der Waals surface area contributed by atoms with Gasteiger partial charge in [0.05, 0.1) is 17.9 Å². The van der Waals surface area contributed by atoms with Gasteiger partial charge in [-0.3, -0.25) is 0 Å². The maximum absolute atomic E-state index is 13.6. The number of nitriles is 1. The second kappa shape index (κ2) is 6.16. The molecule has 92 valence electrons. The molecule has 0 aliphatic rings. The van der Waals surface area contributed by atoms with Crippen LogP contribution in [0.2, 0.25) is 0 Å². The lowest BCUT2D eigenvalue weighted by atomic mass is 10.1. The van der Waals surface area contributed by atoms with E-state index in [1.54, 1.807) is 13.2 Å². The Morgan fingerprint density at radius 2 is 2.12 bits per heavy atom. The van der Waals surface area contributed by atoms with Crippen molar-refractivity contribution < 1.29 is 13.5 Å². The summed E-state index contributed by atoms with van der Waals surface area (Å²) in [4.78, 5) is 0. The first-order valence-electron chi connectivity index (χ1n) is 5.27. The molecule has 5 heteroatoms. The molecule has 1 atom stereocenters. The average Bonchev–Trinajstić information content (AvgIpc) is 2.34. The number of hydrogen-bond donors (Lipinski definition) is 1. The fourth-order valence-electron chi connectivity index (χ4n) is 1.43. The quantitative estimate of drug-likeness (QED) is 0.860. The van der Waals surface area contributed by atoms with Gasteiger partial charge in [0.1, 0.15) is 6.07 Å². The number of nitrogens with one attached hydrogen (secondary N) is 1. The number of methoxy groups -OCH3 is 1. The van der Waals surface area contributed by atoms with E-state index in [1.807, 2.05) is 6.92 Å². The lowest BCUT2D eigenvalue weighted by Gasteiger charge is -2.18. The molecule has 1 aromatic rings. The molecule has 0 aromatic heterocycles. The zero-order valence-electron chi connectivity index (χ0n) is 9.76. The maximum Gasteiger partial charge on any atom is 0.183 e. The minimum atomic E-state index is -1.12. The Kier molecular flexibility index (Phi) is 4.85. The van der Waals surface area contributed by atoms with Crippen molar-refractivity contribution >= 4 is 5.69 Å². The van der Waals surface area contributed by atoms with Gasteiger partial charge in [-0.1, -0.05) is 6.92 Å². The first-order chi connectivity index (χ1) is 8.13. The zero-order chi connectivity index (χ0) is 12.8. The van der Waals surface area contributed by atoms with E-state index in [-0.39, 0.29) is 17.3 Å². The van der Waals surface area contributed by atoms with Crippen LogP contribution in [0.25, 0.3) is 0 Å². The highest BCUT2D eigenvalue weighted by Crippen LogP contribution is 2.21. The van der Waals surface area contributed by atoms with E-state index in [0.29, 0.717) is 6.61 Å². The first kappa shape index (κ1) is 13.4. The number of hydrogen-bond acceptors (Lipinski definition) is 3. The number of nitrogens with zero attached hydrogens (tertiary/aromatic N) is 1. The SMILES string of the molecule is CCC(COC)Nc1ccc(C#N)c(F)c1F. The van der Waals surface area contributed by atoms with Gasteiger partial charge in [0.25, 0.3) is 0 Å². The van der Waals surface area contributed by atoms with Gasteiger partial charge in [0.15, 0.2) is 11.6 Å². The Labute approximate surface area is 99.0 Å². The van der Waals surface area contributed by atoms with Gasteiger partial charge in [-0.2, -0.15) is 5.26 Å². The number of ether oxygens (including phenoxy) is 1. The maximum atomic E-state index is 13.6. The van der Waals surface area contributed by atoms with Crippen LogP contribution in [0.3, 0.4) is 0 Å². The van der Waals surface area contributed by atoms with Crippen molar-refractivity contribution in [1.29, 1.82) is 5.26 Å². The molecule has 0 radical (unpaired) electrons. The largest absolute Gasteiger partial charge is 0.383 e. The fraction of sp³-hybridized carbons (Fsp3) is 0.417. The van der Waals surface area contributed by atoms with Crippen LogP contribution in [0.15, 0.2) is 12.1 Å². The Morgan fingerprint density at radius 1 is 1.41 bits per heavy atom. The molecule has 17 heavy (non-hydrogen) atoms. The minimum absolute atomic E-state index is 0.0467. The Morgan fingerprint density at radius 3 is 2.65 bits per heavy atom. The summed E-state index contributed by atoms with van der Waals surface area (Å²) in [6.45, 7) is 2.31. The molecule has 0 aliphatic carbocycles. The van der Waals surface area contributed by atoms with Crippen molar-refractivity contribution in [3.05, 3.63) is 29.3 Å². The molecular formula is C12H14F2N2O. The van der Waals surface area contributed by atoms with Crippen molar-refractivity contribution in [2.75, 3.05) is 19.0 Å². The number of benzene rings is 1. The summed E-state index contributed by atoms with van der Waals surface area (Å²) < 4.78 is 31.8. The van der Waals surface area contributed by atoms with Crippen molar-refractivity contribution in [2.45, 2.75) is 19.4 Å². The standard InChI is InChI=1S/C12H14F2N2O/c1-3-9(7-17-2)16-10-5-4-8(6-15)11(13)12(10)14/h4-5,9,16H,3,7H2,1-2H3. The van der Waals surface area contributed by atoms with Crippen LogP contribution in [0, 0.1) is 23.0 Å². The highest BCUT2D eigenvalue weighted by molar-refractivity contribution is 5.50. The van der Waals surface area contributed by atoms with Crippen molar-refractivity contribution in [2.24, 2.45) is 0 Å². The highest BCUT2D eigenvalue weighted by atomic mass is 19.2. The van der Waals surface area contributed by atoms with E-state index in [4.69, 9.17) is 10.00 Å². The molecule has 0 saturated heterocycles. The average molecular weight is 240 g/mol. The molecule has 1 unspecified atom stereocenters. The van der Waals surface area contributed by atoms with E-state index in [0.717, 1.165) is 6.42 Å². The summed E-state index contributed by atoms with van der Waals surface area (Å²) in [5.41, 5.74) is -0.252. The fourth-order valence-corrected chi connectivity index (χ4v) is 1.43. The summed E-state index contributed by atoms with van der Waals surface area (Å²) >= 11 is 0. The summed E-state index contributed by atoms with van der Waals surface area (Å²) in [5.74, 6) is -2.15. The van der Waals surface area contributed by atoms with Crippen LogP contribution in [0.5, 0.6) is 0 Å². The van der Waals surface area contributed by atoms with Gasteiger partial charge in [-0.05, 0) is 18.6 Å². The molecule has 0 bridgehead atoms. The normalized spacial score (nSPS) is 11.9. The first-order valence-corrected chi connectivity index (χ1v) is 5.27. The molecule has 3 nitrogen and oxygen atoms in total. The van der Waals surface area contributed by atoms with Gasteiger partial charge in [-0.25, -0.2) is 8.78 Å². The number of anilines is 1. The van der Waals surface area contributed by atoms with E-state index in [2.05, 4.69) is 5.32 Å². The number of halogens is 2. The summed E-state index contributed by atoms with van der Waals surface area (Å²) in [5, 5.41) is 11.4. The lowest BCUT2D eigenvalue weighted by molar-refractivity contribution is 0.184. The summed E-state index contributed by atoms with van der Waals surface area (Å²) in [6, 6.07) is 4.10. The molecule has 1 aromatic carbocycles. The van der Waals surface area contributed by atoms with Crippen molar-refractivity contribution in [1.82, 2.24) is 0 Å². The third kappa shape index (κ3) is 3.14. The third-order valence-electron chi connectivity index (χ3n) is 2.42. The molecule has 0 fully saturated rings. The molecule has 0 saturated carbocycles. The predicted octanol–water partition coefficient (Wildman–Crippen LogP) is 2.67. The zero-order valence-corrected chi connectivity index (χ0v) is 9.76. The van der Waals surface area contributed by atoms with Gasteiger partial charge in [0, 0.05) is 13.2 Å². The number of rotatable bonds is 5. The van der Waals surface area contributed by atoms with E-state index >= 15 is 0 Å². The summed E-state index contributed by atoms with van der Waals surface area (Å²) in [6.07, 6.45) is 0.717. The molecule has 1 N–H and O–H groups in total. The Bertz CT molecular complexity index is 429. The van der Waals surface area contributed by atoms with Crippen molar-refractivity contribution in [3.8, 4) is 6.07 Å². The van der Waals surface area contributed by atoms with Crippen LogP contribution in [-0.2, 0) is 4.74 Å². The van der Waals surface area contributed by atoms with Gasteiger partial charge in [-0.15, -0.1) is 0 Å². The van der Waals surface area contributed by atoms with Gasteiger partial charge < -0.3 is 10.1 Å². The van der Waals surface area contributed by atoms with E-state index in [1.165, 1.54) is 12.1 Å². The molecular weight excluding hydrogens is 226 g/mol. The highest BCUT2D eigenvalue weighted by Gasteiger charge is 2.15. The Balaban J connectivity index is 2.93. The van der Waals surface area contributed by atoms with Crippen LogP contribution in [0.1, 0.15) is 18.9 Å². The second-order valence-corrected chi connectivity index (χ2v) is 3.61. The summed E-state index contributed by atoms with van der Waals surface area (Å²) in [7, 11) is 1.54. The minimum Gasteiger partial charge on any atom is -0.383 e. The smallest absolute Gasteiger partial charge is 0.183 e. The van der Waals surface area contributed by atoms with Crippen molar-refractivity contribution in [3.63, 3.8) is 0 Å². The van der Waals surface area contributed by atoms with E-state index < -0.39 is 11.6 Å². The molecule has 1 rings (SSSR count). The van der Waals surface area contributed by atoms with Crippen LogP contribution >= 0.6 is 0 Å². The Hall–Kier alpha value is -1.67. The van der Waals surface area contributed by atoms with Gasteiger partial charge in [0.2, 0.25) is 0 Å². The molecule has 0 amide bonds. The van der Waals surface area contributed by atoms with Gasteiger partial charge >= 0.3 is 0 Å². The molecule has 0 spiro atoms. The predicted molar refractivity (Wildman–Crippen MR) is 60.7 cm³/mol. The second-order valence-electron chi connectivity index (χ2n) is 3.61.